The number of nitrogens with zero attached hydrogens (tertiary/aromatic N) is 2. The summed E-state index contributed by atoms with van der Waals surface area (Å²) in [5, 5.41) is 11.0. The molecule has 0 aromatic heterocycles. The highest BCUT2D eigenvalue weighted by Gasteiger charge is 2.35. The summed E-state index contributed by atoms with van der Waals surface area (Å²) in [6.45, 7) is 7.15. The van der Waals surface area contributed by atoms with Crippen LogP contribution >= 0.6 is 0 Å². The molecule has 0 radical (unpaired) electrons. The van der Waals surface area contributed by atoms with Gasteiger partial charge < -0.3 is 9.47 Å². The molecule has 0 N–H and O–H groups in total. The van der Waals surface area contributed by atoms with Crippen LogP contribution in [0.25, 0.3) is 6.08 Å². The van der Waals surface area contributed by atoms with Gasteiger partial charge in [0.25, 0.3) is 5.69 Å². The minimum Gasteiger partial charge on any atom is -0.478 e. The zero-order valence-electron chi connectivity index (χ0n) is 15.9. The lowest BCUT2D eigenvalue weighted by atomic mass is 9.98. The van der Waals surface area contributed by atoms with Crippen LogP contribution in [0.2, 0.25) is 0 Å². The molecule has 0 aliphatic carbocycles. The first kappa shape index (κ1) is 18.2. The van der Waals surface area contributed by atoms with Crippen molar-refractivity contribution in [3.8, 4) is 11.5 Å². The number of ether oxygens (including phenoxy) is 2. The average molecular weight is 380 g/mol. The Labute approximate surface area is 162 Å². The van der Waals surface area contributed by atoms with Crippen molar-refractivity contribution in [2.45, 2.75) is 33.4 Å². The van der Waals surface area contributed by atoms with Crippen molar-refractivity contribution >= 4 is 17.5 Å². The van der Waals surface area contributed by atoms with Gasteiger partial charge in [0, 0.05) is 24.7 Å². The minimum absolute atomic E-state index is 0.0353. The molecule has 7 heteroatoms. The summed E-state index contributed by atoms with van der Waals surface area (Å²) in [6, 6.07) is 8.28. The number of hydrogen-bond donors (Lipinski definition) is 0. The van der Waals surface area contributed by atoms with Gasteiger partial charge in [0.2, 0.25) is 5.78 Å². The normalized spacial score (nSPS) is 17.3. The Morgan fingerprint density at radius 1 is 1.29 bits per heavy atom. The van der Waals surface area contributed by atoms with Crippen LogP contribution in [0.15, 0.2) is 36.1 Å². The zero-order chi connectivity index (χ0) is 20.0. The molecule has 0 spiro atoms. The van der Waals surface area contributed by atoms with Crippen molar-refractivity contribution < 1.29 is 19.2 Å². The second-order valence-corrected chi connectivity index (χ2v) is 7.28. The number of Topliss-reactive ketones (excluding diaryl/α,β-unsaturated/α-hetero) is 1. The zero-order valence-corrected chi connectivity index (χ0v) is 15.9. The molecule has 0 saturated heterocycles. The maximum absolute atomic E-state index is 13.0. The number of aryl methyl sites for hydroxylation is 1. The summed E-state index contributed by atoms with van der Waals surface area (Å²) in [5.41, 5.74) is 2.68. The molecule has 2 aromatic rings. The van der Waals surface area contributed by atoms with Crippen molar-refractivity contribution in [1.82, 2.24) is 4.90 Å². The average Bonchev–Trinajstić information content (AvgIpc) is 2.99. The first-order valence-corrected chi connectivity index (χ1v) is 9.07. The molecule has 2 heterocycles. The molecule has 2 aliphatic heterocycles. The number of ketones is 1. The summed E-state index contributed by atoms with van der Waals surface area (Å²) in [6.07, 6.45) is 1.55. The number of allylic oxidation sites excluding steroid dienone is 1. The van der Waals surface area contributed by atoms with Crippen molar-refractivity contribution in [2.75, 3.05) is 6.73 Å². The highest BCUT2D eigenvalue weighted by Crippen LogP contribution is 2.44. The van der Waals surface area contributed by atoms with E-state index in [1.54, 1.807) is 18.2 Å². The molecule has 0 amide bonds. The SMILES string of the molecule is Cc1cc2c(c3c1C(=O)/C(=C/c1cccc([N+](=O)[O-])c1)O3)CN(C(C)C)CO2. The van der Waals surface area contributed by atoms with Crippen molar-refractivity contribution in [1.29, 1.82) is 0 Å². The first-order valence-electron chi connectivity index (χ1n) is 9.07. The Hall–Kier alpha value is -3.19. The molecule has 7 nitrogen and oxygen atoms in total. The fourth-order valence-corrected chi connectivity index (χ4v) is 3.46. The number of hydrogen-bond acceptors (Lipinski definition) is 6. The number of benzene rings is 2. The third-order valence-corrected chi connectivity index (χ3v) is 5.06. The van der Waals surface area contributed by atoms with Crippen molar-refractivity contribution in [2.24, 2.45) is 0 Å². The molecule has 4 rings (SSSR count). The third kappa shape index (κ3) is 3.03. The Morgan fingerprint density at radius 2 is 2.07 bits per heavy atom. The van der Waals surface area contributed by atoms with E-state index >= 15 is 0 Å². The number of non-ortho nitro benzene ring substituents is 1. The predicted octanol–water partition coefficient (Wildman–Crippen LogP) is 4.08. The van der Waals surface area contributed by atoms with E-state index in [-0.39, 0.29) is 17.2 Å². The van der Waals surface area contributed by atoms with Crippen LogP contribution in [-0.2, 0) is 6.54 Å². The highest BCUT2D eigenvalue weighted by atomic mass is 16.6. The predicted molar refractivity (Wildman–Crippen MR) is 103 cm³/mol. The van der Waals surface area contributed by atoms with Crippen LogP contribution in [0.4, 0.5) is 5.69 Å². The first-order chi connectivity index (χ1) is 13.3. The Bertz CT molecular complexity index is 1030. The Morgan fingerprint density at radius 3 is 2.79 bits per heavy atom. The molecule has 0 unspecified atom stereocenters. The van der Waals surface area contributed by atoms with Gasteiger partial charge in [-0.2, -0.15) is 0 Å². The highest BCUT2D eigenvalue weighted by molar-refractivity contribution is 6.15. The summed E-state index contributed by atoms with van der Waals surface area (Å²) in [4.78, 5) is 25.6. The van der Waals surface area contributed by atoms with E-state index in [2.05, 4.69) is 18.7 Å². The van der Waals surface area contributed by atoms with Crippen LogP contribution in [-0.4, -0.2) is 28.4 Å². The largest absolute Gasteiger partial charge is 0.478 e. The second kappa shape index (κ2) is 6.76. The summed E-state index contributed by atoms with van der Waals surface area (Å²) in [7, 11) is 0. The van der Waals surface area contributed by atoms with Crippen LogP contribution in [0, 0.1) is 17.0 Å². The molecule has 2 aromatic carbocycles. The number of nitro groups is 1. The minimum atomic E-state index is -0.466. The van der Waals surface area contributed by atoms with Gasteiger partial charge in [-0.25, -0.2) is 0 Å². The van der Waals surface area contributed by atoms with Gasteiger partial charge in [-0.05, 0) is 44.0 Å². The summed E-state index contributed by atoms with van der Waals surface area (Å²) in [5.74, 6) is 1.21. The number of carbonyl (C=O) groups is 1. The fraction of sp³-hybridized carbons (Fsp3) is 0.286. The maximum Gasteiger partial charge on any atom is 0.270 e. The smallest absolute Gasteiger partial charge is 0.270 e. The third-order valence-electron chi connectivity index (χ3n) is 5.06. The van der Waals surface area contributed by atoms with E-state index < -0.39 is 4.92 Å². The topological polar surface area (TPSA) is 81.9 Å². The lowest BCUT2D eigenvalue weighted by Crippen LogP contribution is -2.37. The molecule has 0 atom stereocenters. The van der Waals surface area contributed by atoms with Crippen LogP contribution in [0.3, 0.4) is 0 Å². The monoisotopic (exact) mass is 380 g/mol. The quantitative estimate of drug-likeness (QED) is 0.453. The van der Waals surface area contributed by atoms with E-state index in [0.717, 1.165) is 16.9 Å². The van der Waals surface area contributed by atoms with Crippen molar-refractivity contribution in [3.05, 3.63) is 68.5 Å². The number of rotatable bonds is 3. The van der Waals surface area contributed by atoms with Gasteiger partial charge in [0.15, 0.2) is 5.76 Å². The molecule has 0 saturated carbocycles. The molecule has 144 valence electrons. The van der Waals surface area contributed by atoms with Gasteiger partial charge in [0.05, 0.1) is 16.1 Å². The van der Waals surface area contributed by atoms with Crippen LogP contribution in [0.1, 0.15) is 40.9 Å². The summed E-state index contributed by atoms with van der Waals surface area (Å²) >= 11 is 0. The van der Waals surface area contributed by atoms with Gasteiger partial charge in [-0.15, -0.1) is 0 Å². The second-order valence-electron chi connectivity index (χ2n) is 7.28. The molecular weight excluding hydrogens is 360 g/mol. The van der Waals surface area contributed by atoms with E-state index in [0.29, 0.717) is 36.2 Å². The Kier molecular flexibility index (Phi) is 4.39. The number of fused-ring (bicyclic) bond motifs is 3. The molecule has 0 bridgehead atoms. The number of carbonyl (C=O) groups excluding carboxylic acids is 1. The lowest BCUT2D eigenvalue weighted by Gasteiger charge is -2.32. The fourth-order valence-electron chi connectivity index (χ4n) is 3.46. The van der Waals surface area contributed by atoms with E-state index in [1.807, 2.05) is 13.0 Å². The molecule has 28 heavy (non-hydrogen) atoms. The van der Waals surface area contributed by atoms with Gasteiger partial charge >= 0.3 is 0 Å². The molecular formula is C21H20N2O5. The lowest BCUT2D eigenvalue weighted by molar-refractivity contribution is -0.384. The number of nitro benzene ring substituents is 1. The van der Waals surface area contributed by atoms with E-state index in [1.165, 1.54) is 12.1 Å². The van der Waals surface area contributed by atoms with Crippen molar-refractivity contribution in [3.63, 3.8) is 0 Å². The molecule has 0 fully saturated rings. The van der Waals surface area contributed by atoms with Gasteiger partial charge in [-0.3, -0.25) is 19.8 Å². The van der Waals surface area contributed by atoms with E-state index in [4.69, 9.17) is 9.47 Å². The van der Waals surface area contributed by atoms with E-state index in [9.17, 15) is 14.9 Å². The van der Waals surface area contributed by atoms with Gasteiger partial charge in [0.1, 0.15) is 18.2 Å². The maximum atomic E-state index is 13.0. The summed E-state index contributed by atoms with van der Waals surface area (Å²) < 4.78 is 11.8. The van der Waals surface area contributed by atoms with Crippen LogP contribution in [0.5, 0.6) is 11.5 Å². The van der Waals surface area contributed by atoms with Gasteiger partial charge in [-0.1, -0.05) is 12.1 Å². The standard InChI is InChI=1S/C21H20N2O5/c1-12(2)22-10-16-17(27-11-22)7-13(3)19-20(24)18(28-21(16)19)9-14-5-4-6-15(8-14)23(25)26/h4-9,12H,10-11H2,1-3H3/b18-9-. The molecule has 2 aliphatic rings. The Balaban J connectivity index is 1.74. The van der Waals surface area contributed by atoms with Crippen LogP contribution < -0.4 is 9.47 Å².